The molecule has 0 saturated heterocycles. The molecule has 0 aromatic heterocycles. The summed E-state index contributed by atoms with van der Waals surface area (Å²) in [6, 6.07) is 0. The Morgan fingerprint density at radius 2 is 1.59 bits per heavy atom. The number of halogens is 1. The minimum atomic E-state index is -1.04. The number of rotatable bonds is 2. The summed E-state index contributed by atoms with van der Waals surface area (Å²) < 4.78 is 9.79. The van der Waals surface area contributed by atoms with E-state index in [1.807, 2.05) is 12.2 Å². The van der Waals surface area contributed by atoms with Crippen LogP contribution in [-0.4, -0.2) is 31.0 Å². The smallest absolute Gasteiger partial charge is 0.336 e. The predicted octanol–water partition coefficient (Wildman–Crippen LogP) is 3.07. The van der Waals surface area contributed by atoms with Crippen LogP contribution >= 0.6 is 11.6 Å². The zero-order valence-electron chi connectivity index (χ0n) is 12.8. The molecule has 1 saturated carbocycles. The Labute approximate surface area is 134 Å². The summed E-state index contributed by atoms with van der Waals surface area (Å²) in [5.74, 6) is -1.31. The van der Waals surface area contributed by atoms with Crippen LogP contribution in [0.2, 0.25) is 0 Å². The number of alkyl halides is 1. The van der Waals surface area contributed by atoms with Crippen molar-refractivity contribution in [2.45, 2.75) is 37.0 Å². The van der Waals surface area contributed by atoms with Gasteiger partial charge >= 0.3 is 11.9 Å². The number of hydrogen-bond acceptors (Lipinski definition) is 4. The van der Waals surface area contributed by atoms with E-state index in [4.69, 9.17) is 21.1 Å². The second kappa shape index (κ2) is 5.58. The van der Waals surface area contributed by atoms with Crippen molar-refractivity contribution in [3.63, 3.8) is 0 Å². The molecule has 0 unspecified atom stereocenters. The van der Waals surface area contributed by atoms with E-state index in [-0.39, 0.29) is 11.5 Å². The van der Waals surface area contributed by atoms with E-state index in [0.717, 1.165) is 43.3 Å². The number of methoxy groups -OCH3 is 2. The third-order valence-corrected chi connectivity index (χ3v) is 5.46. The molecule has 0 aliphatic heterocycles. The minimum absolute atomic E-state index is 0.245. The predicted molar refractivity (Wildman–Crippen MR) is 82.4 cm³/mol. The van der Waals surface area contributed by atoms with Crippen LogP contribution in [0.4, 0.5) is 0 Å². The van der Waals surface area contributed by atoms with Crippen molar-refractivity contribution in [3.8, 4) is 0 Å². The SMILES string of the molecule is COC(=O)C1=C(C(=O)OC)C2(Cl)C3=CC1C=C2CCCCC3. The molecule has 118 valence electrons. The zero-order chi connectivity index (χ0) is 15.9. The van der Waals surface area contributed by atoms with Crippen molar-refractivity contribution in [2.24, 2.45) is 5.92 Å². The third-order valence-electron chi connectivity index (χ3n) is 4.78. The maximum Gasteiger partial charge on any atom is 0.336 e. The zero-order valence-corrected chi connectivity index (χ0v) is 13.5. The van der Waals surface area contributed by atoms with Gasteiger partial charge < -0.3 is 9.47 Å². The maximum atomic E-state index is 12.4. The van der Waals surface area contributed by atoms with Gasteiger partial charge in [0.1, 0.15) is 4.87 Å². The molecule has 0 N–H and O–H groups in total. The highest BCUT2D eigenvalue weighted by Crippen LogP contribution is 2.55. The van der Waals surface area contributed by atoms with Gasteiger partial charge in [0.25, 0.3) is 0 Å². The van der Waals surface area contributed by atoms with E-state index in [1.165, 1.54) is 14.2 Å². The lowest BCUT2D eigenvalue weighted by atomic mass is 9.64. The molecule has 22 heavy (non-hydrogen) atoms. The fourth-order valence-corrected chi connectivity index (χ4v) is 4.27. The summed E-state index contributed by atoms with van der Waals surface area (Å²) in [5.41, 5.74) is 2.61. The Bertz CT molecular complexity index is 603. The maximum absolute atomic E-state index is 12.4. The summed E-state index contributed by atoms with van der Waals surface area (Å²) >= 11 is 6.97. The molecule has 0 amide bonds. The Hall–Kier alpha value is -1.55. The summed E-state index contributed by atoms with van der Waals surface area (Å²) in [6.45, 7) is 0. The molecule has 4 rings (SSSR count). The molecule has 0 heterocycles. The van der Waals surface area contributed by atoms with Gasteiger partial charge in [-0.2, -0.15) is 0 Å². The number of esters is 2. The molecule has 0 atom stereocenters. The molecular weight excluding hydrogens is 304 g/mol. The number of carbonyl (C=O) groups is 2. The van der Waals surface area contributed by atoms with Crippen molar-refractivity contribution in [2.75, 3.05) is 14.2 Å². The molecule has 0 radical (unpaired) electrons. The van der Waals surface area contributed by atoms with Crippen LogP contribution in [0.15, 0.2) is 34.4 Å². The van der Waals surface area contributed by atoms with Gasteiger partial charge in [-0.05, 0) is 36.8 Å². The summed E-state index contributed by atoms with van der Waals surface area (Å²) in [5, 5.41) is 0. The van der Waals surface area contributed by atoms with Crippen LogP contribution in [0.25, 0.3) is 0 Å². The van der Waals surface area contributed by atoms with E-state index >= 15 is 0 Å². The van der Waals surface area contributed by atoms with Crippen LogP contribution < -0.4 is 0 Å². The van der Waals surface area contributed by atoms with Crippen molar-refractivity contribution in [3.05, 3.63) is 34.4 Å². The molecule has 0 spiro atoms. The van der Waals surface area contributed by atoms with Gasteiger partial charge in [-0.25, -0.2) is 9.59 Å². The van der Waals surface area contributed by atoms with Crippen molar-refractivity contribution >= 4 is 23.5 Å². The molecule has 4 aliphatic rings. The summed E-state index contributed by atoms with van der Waals surface area (Å²) in [6.07, 6.45) is 8.94. The molecule has 4 nitrogen and oxygen atoms in total. The molecule has 0 aromatic carbocycles. The summed E-state index contributed by atoms with van der Waals surface area (Å²) in [4.78, 5) is 23.6. The van der Waals surface area contributed by atoms with Gasteiger partial charge in [-0.3, -0.25) is 0 Å². The van der Waals surface area contributed by atoms with Crippen molar-refractivity contribution in [1.82, 2.24) is 0 Å². The molecule has 0 aromatic rings. The van der Waals surface area contributed by atoms with Crippen LogP contribution in [-0.2, 0) is 19.1 Å². The lowest BCUT2D eigenvalue weighted by Crippen LogP contribution is -2.44. The average molecular weight is 323 g/mol. The highest BCUT2D eigenvalue weighted by molar-refractivity contribution is 6.34. The molecule has 4 bridgehead atoms. The largest absolute Gasteiger partial charge is 0.466 e. The third kappa shape index (κ3) is 2.04. The van der Waals surface area contributed by atoms with Crippen LogP contribution in [0.5, 0.6) is 0 Å². The first-order valence-corrected chi connectivity index (χ1v) is 7.94. The van der Waals surface area contributed by atoms with E-state index in [2.05, 4.69) is 0 Å². The molecule has 4 aliphatic carbocycles. The van der Waals surface area contributed by atoms with E-state index in [0.29, 0.717) is 5.57 Å². The Morgan fingerprint density at radius 3 is 2.09 bits per heavy atom. The molecular formula is C17H19ClO4. The number of allylic oxidation sites excluding steroid dienone is 4. The van der Waals surface area contributed by atoms with Crippen LogP contribution in [0.3, 0.4) is 0 Å². The first-order chi connectivity index (χ1) is 10.5. The van der Waals surface area contributed by atoms with Gasteiger partial charge in [0, 0.05) is 5.92 Å². The van der Waals surface area contributed by atoms with Gasteiger partial charge in [0.2, 0.25) is 0 Å². The Balaban J connectivity index is 2.19. The van der Waals surface area contributed by atoms with E-state index in [1.54, 1.807) is 0 Å². The van der Waals surface area contributed by atoms with Crippen LogP contribution in [0.1, 0.15) is 32.1 Å². The number of carbonyl (C=O) groups excluding carboxylic acids is 2. The van der Waals surface area contributed by atoms with Gasteiger partial charge in [0.05, 0.1) is 25.4 Å². The fourth-order valence-electron chi connectivity index (χ4n) is 3.78. The van der Waals surface area contributed by atoms with E-state index < -0.39 is 16.8 Å². The Morgan fingerprint density at radius 1 is 1.05 bits per heavy atom. The lowest BCUT2D eigenvalue weighted by Gasteiger charge is -2.44. The standard InChI is InChI=1S/C17H19ClO4/c1-21-15(19)13-10-8-11-6-4-3-5-7-12(9-10)17(11,18)14(13)16(20)22-2/h8-10H,3-7H2,1-2H3. The van der Waals surface area contributed by atoms with Crippen molar-refractivity contribution < 1.29 is 19.1 Å². The highest BCUT2D eigenvalue weighted by Gasteiger charge is 2.53. The van der Waals surface area contributed by atoms with Gasteiger partial charge in [-0.1, -0.05) is 18.6 Å². The summed E-state index contributed by atoms with van der Waals surface area (Å²) in [7, 11) is 2.62. The Kier molecular flexibility index (Phi) is 3.89. The monoisotopic (exact) mass is 322 g/mol. The van der Waals surface area contributed by atoms with Gasteiger partial charge in [-0.15, -0.1) is 11.6 Å². The second-order valence-corrected chi connectivity index (χ2v) is 6.47. The van der Waals surface area contributed by atoms with E-state index in [9.17, 15) is 9.59 Å². The fraction of sp³-hybridized carbons (Fsp3) is 0.529. The number of ether oxygens (including phenoxy) is 2. The minimum Gasteiger partial charge on any atom is -0.466 e. The van der Waals surface area contributed by atoms with Crippen molar-refractivity contribution in [1.29, 1.82) is 0 Å². The average Bonchev–Trinajstić information content (AvgIpc) is 2.53. The molecule has 5 heteroatoms. The first-order valence-electron chi connectivity index (χ1n) is 7.56. The number of hydrogen-bond donors (Lipinski definition) is 0. The lowest BCUT2D eigenvalue weighted by molar-refractivity contribution is -0.140. The van der Waals surface area contributed by atoms with Crippen LogP contribution in [0, 0.1) is 5.92 Å². The highest BCUT2D eigenvalue weighted by atomic mass is 35.5. The molecule has 1 fully saturated rings. The topological polar surface area (TPSA) is 52.6 Å². The second-order valence-electron chi connectivity index (χ2n) is 5.90. The van der Waals surface area contributed by atoms with Gasteiger partial charge in [0.15, 0.2) is 0 Å². The normalized spacial score (nSPS) is 30.0. The quantitative estimate of drug-likeness (QED) is 0.445. The first kappa shape index (κ1) is 15.3.